The molecule has 0 aromatic rings. The second-order valence-electron chi connectivity index (χ2n) is 20.6. The number of carbonyl (C=O) groups excluding carboxylic acids is 1. The van der Waals surface area contributed by atoms with Gasteiger partial charge in [0.2, 0.25) is 0 Å². The van der Waals surface area contributed by atoms with Crippen molar-refractivity contribution < 1.29 is 67.9 Å². The highest BCUT2D eigenvalue weighted by molar-refractivity contribution is 5.96. The van der Waals surface area contributed by atoms with Crippen LogP contribution in [0.5, 0.6) is 0 Å². The number of carboxylic acids is 1. The van der Waals surface area contributed by atoms with Crippen LogP contribution in [0.3, 0.4) is 0 Å². The third-order valence-electron chi connectivity index (χ3n) is 15.9. The van der Waals surface area contributed by atoms with E-state index in [1.54, 1.807) is 27.9 Å². The zero-order chi connectivity index (χ0) is 45.0. The van der Waals surface area contributed by atoms with Crippen LogP contribution in [0.2, 0.25) is 0 Å². The van der Waals surface area contributed by atoms with Gasteiger partial charge in [-0.3, -0.25) is 9.59 Å². The molecule has 6 rings (SSSR count). The first-order chi connectivity index (χ1) is 28.5. The highest BCUT2D eigenvalue weighted by Crippen LogP contribution is 2.56. The van der Waals surface area contributed by atoms with E-state index in [0.29, 0.717) is 44.1 Å². The number of aliphatic hydroxyl groups is 3. The molecule has 6 aliphatic rings. The van der Waals surface area contributed by atoms with E-state index in [4.69, 9.17) is 37.9 Å². The van der Waals surface area contributed by atoms with E-state index >= 15 is 0 Å². The van der Waals surface area contributed by atoms with E-state index in [0.717, 1.165) is 6.42 Å². The molecule has 21 atom stereocenters. The maximum atomic E-state index is 13.4. The van der Waals surface area contributed by atoms with Crippen molar-refractivity contribution >= 4 is 11.8 Å². The molecule has 61 heavy (non-hydrogen) atoms. The number of ether oxygens (including phenoxy) is 8. The minimum absolute atomic E-state index is 0.0130. The third kappa shape index (κ3) is 9.71. The Kier molecular flexibility index (Phi) is 15.0. The molecule has 6 aliphatic heterocycles. The Hall–Kier alpha value is -1.56. The van der Waals surface area contributed by atoms with Gasteiger partial charge in [-0.25, -0.2) is 0 Å². The van der Waals surface area contributed by atoms with Crippen LogP contribution in [-0.2, 0) is 47.5 Å². The highest BCUT2D eigenvalue weighted by atomic mass is 16.8. The monoisotopic (exact) mass is 867 g/mol. The van der Waals surface area contributed by atoms with Gasteiger partial charge < -0.3 is 58.3 Å². The summed E-state index contributed by atoms with van der Waals surface area (Å²) < 4.78 is 53.9. The maximum Gasteiger partial charge on any atom is 0.306 e. The molecule has 14 heteroatoms. The summed E-state index contributed by atoms with van der Waals surface area (Å²) in [5, 5.41) is 42.5. The van der Waals surface area contributed by atoms with Crippen molar-refractivity contribution in [3.63, 3.8) is 0 Å². The highest BCUT2D eigenvalue weighted by Gasteiger charge is 2.65. The quantitative estimate of drug-likeness (QED) is 0.154. The zero-order valence-electron chi connectivity index (χ0n) is 38.8. The van der Waals surface area contributed by atoms with Gasteiger partial charge in [-0.2, -0.15) is 0 Å². The van der Waals surface area contributed by atoms with E-state index < -0.39 is 84.2 Å². The molecular weight excluding hydrogens is 789 g/mol. The second kappa shape index (κ2) is 18.7. The van der Waals surface area contributed by atoms with Crippen molar-refractivity contribution in [1.29, 1.82) is 0 Å². The fourth-order valence-electron chi connectivity index (χ4n) is 11.8. The Morgan fingerprint density at radius 3 is 2.25 bits per heavy atom. The average Bonchev–Trinajstić information content (AvgIpc) is 3.71. The van der Waals surface area contributed by atoms with Crippen molar-refractivity contribution in [2.24, 2.45) is 47.3 Å². The summed E-state index contributed by atoms with van der Waals surface area (Å²) in [5.41, 5.74) is -0.326. The van der Waals surface area contributed by atoms with Crippen LogP contribution >= 0.6 is 0 Å². The van der Waals surface area contributed by atoms with E-state index in [1.165, 1.54) is 0 Å². The molecule has 0 amide bonds. The fourth-order valence-corrected chi connectivity index (χ4v) is 11.8. The number of methoxy groups -OCH3 is 1. The number of hydrogen-bond donors (Lipinski definition) is 4. The Bertz CT molecular complexity index is 1570. The second-order valence-corrected chi connectivity index (χ2v) is 20.6. The van der Waals surface area contributed by atoms with Gasteiger partial charge in [0, 0.05) is 68.3 Å². The first-order valence-electron chi connectivity index (χ1n) is 23.2. The zero-order valence-corrected chi connectivity index (χ0v) is 38.8. The predicted octanol–water partition coefficient (Wildman–Crippen LogP) is 6.15. The van der Waals surface area contributed by atoms with Crippen LogP contribution in [0.4, 0.5) is 0 Å². The summed E-state index contributed by atoms with van der Waals surface area (Å²) in [6, 6.07) is 0. The lowest BCUT2D eigenvalue weighted by molar-refractivity contribution is -0.390. The van der Waals surface area contributed by atoms with Crippen molar-refractivity contribution in [1.82, 2.24) is 0 Å². The van der Waals surface area contributed by atoms with Crippen LogP contribution in [0, 0.1) is 47.3 Å². The van der Waals surface area contributed by atoms with E-state index in [-0.39, 0.29) is 72.4 Å². The standard InChI is InChI=1S/C47H78O14/c1-24(40(50)25(2)18-28(5)43(51)52)17-26(3)41-31(8)34(49)22-45(59-41)16-15-44(11,61-45)38-21-36(56-39-14-13-35(54-12)33(10)55-39)32(9)47(58-38)30(7)20-37(57-47)42-27(4)19-29(6)46(53,23-48)60-42/h17,25-39,41-42,48-49,53H,13-16,18-23H2,1-12H3,(H,51,52)/b24-17+/t25-,26+,27+,28+,29-,30+,31-,32-,33-,34+,35+,36+,37-,38?,39?,41-,42?,44+,45-,46+,47+/m1/s1. The number of Topliss-reactive ketones (excluding diaryl/α,β-unsaturated/α-hetero) is 1. The summed E-state index contributed by atoms with van der Waals surface area (Å²) in [6.45, 7) is 20.9. The molecule has 6 saturated heterocycles. The molecule has 0 saturated carbocycles. The molecule has 350 valence electrons. The van der Waals surface area contributed by atoms with Crippen LogP contribution in [-0.4, -0.2) is 124 Å². The lowest BCUT2D eigenvalue weighted by atomic mass is 9.76. The van der Waals surface area contributed by atoms with E-state index in [1.807, 2.05) is 33.8 Å². The predicted molar refractivity (Wildman–Crippen MR) is 224 cm³/mol. The molecule has 0 radical (unpaired) electrons. The van der Waals surface area contributed by atoms with E-state index in [9.17, 15) is 30.0 Å². The summed E-state index contributed by atoms with van der Waals surface area (Å²) in [6.07, 6.45) is 3.25. The maximum absolute atomic E-state index is 13.4. The minimum atomic E-state index is -1.66. The topological polar surface area (TPSA) is 189 Å². The lowest BCUT2D eigenvalue weighted by Crippen LogP contribution is -2.63. The molecule has 0 aliphatic carbocycles. The molecule has 2 spiro atoms. The number of carbonyl (C=O) groups is 2. The molecule has 0 aromatic heterocycles. The molecule has 6 heterocycles. The van der Waals surface area contributed by atoms with Gasteiger partial charge in [-0.05, 0) is 64.4 Å². The van der Waals surface area contributed by atoms with Gasteiger partial charge in [0.05, 0.1) is 67.0 Å². The summed E-state index contributed by atoms with van der Waals surface area (Å²) in [5.74, 6) is -7.01. The molecule has 0 bridgehead atoms. The van der Waals surface area contributed by atoms with E-state index in [2.05, 4.69) is 27.7 Å². The first-order valence-corrected chi connectivity index (χ1v) is 23.2. The molecule has 14 nitrogen and oxygen atoms in total. The number of carboxylic acid groups (broad SMARTS) is 1. The molecule has 4 N–H and O–H groups in total. The molecule has 0 aromatic carbocycles. The Morgan fingerprint density at radius 1 is 0.902 bits per heavy atom. The van der Waals surface area contributed by atoms with Crippen molar-refractivity contribution in [2.45, 2.75) is 212 Å². The van der Waals surface area contributed by atoms with Gasteiger partial charge >= 0.3 is 5.97 Å². The van der Waals surface area contributed by atoms with Crippen molar-refractivity contribution in [3.05, 3.63) is 11.6 Å². The summed E-state index contributed by atoms with van der Waals surface area (Å²) in [4.78, 5) is 24.8. The van der Waals surface area contributed by atoms with Gasteiger partial charge in [0.15, 0.2) is 29.4 Å². The van der Waals surface area contributed by atoms with Crippen LogP contribution in [0.15, 0.2) is 11.6 Å². The SMILES string of the molecule is CO[C@H]1CCC(O[C@H]2CC([C@]3(C)CC[C@]4(C[C@H](O)[C@@H](C)[C@@H]([C@@H](C)/C=C(\C)C(=O)[C@H](C)C[C@H](C)C(=O)O)O4)O3)O[C@]3(O[C@@H](C4O[C@@](O)(CO)[C@H](C)C[C@@H]4C)C[C@@H]3C)[C@@H]2C)O[C@@H]1C. The number of allylic oxidation sites excluding steroid dienone is 1. The Morgan fingerprint density at radius 2 is 1.61 bits per heavy atom. The van der Waals surface area contributed by atoms with Crippen molar-refractivity contribution in [2.75, 3.05) is 13.7 Å². The fraction of sp³-hybridized carbons (Fsp3) is 0.915. The van der Waals surface area contributed by atoms with Gasteiger partial charge in [0.25, 0.3) is 0 Å². The summed E-state index contributed by atoms with van der Waals surface area (Å²) >= 11 is 0. The Labute approximate surface area is 363 Å². The normalized spacial score (nSPS) is 48.6. The molecular formula is C47H78O14. The molecule has 3 unspecified atom stereocenters. The average molecular weight is 867 g/mol. The van der Waals surface area contributed by atoms with Gasteiger partial charge in [0.1, 0.15) is 0 Å². The largest absolute Gasteiger partial charge is 0.481 e. The van der Waals surface area contributed by atoms with Crippen molar-refractivity contribution in [3.8, 4) is 0 Å². The minimum Gasteiger partial charge on any atom is -0.481 e. The Balaban J connectivity index is 1.24. The number of aliphatic hydroxyl groups excluding tert-OH is 2. The van der Waals surface area contributed by atoms with Gasteiger partial charge in [-0.15, -0.1) is 0 Å². The lowest BCUT2D eigenvalue weighted by Gasteiger charge is -2.54. The number of hydrogen-bond acceptors (Lipinski definition) is 13. The third-order valence-corrected chi connectivity index (χ3v) is 15.9. The molecule has 6 fully saturated rings. The number of rotatable bonds is 13. The number of ketones is 1. The van der Waals surface area contributed by atoms with Crippen LogP contribution in [0.25, 0.3) is 0 Å². The number of aliphatic carboxylic acids is 1. The van der Waals surface area contributed by atoms with Crippen LogP contribution < -0.4 is 0 Å². The smallest absolute Gasteiger partial charge is 0.306 e. The summed E-state index contributed by atoms with van der Waals surface area (Å²) in [7, 11) is 1.70. The first kappa shape index (κ1) is 48.9. The van der Waals surface area contributed by atoms with Gasteiger partial charge in [-0.1, -0.05) is 61.5 Å². The van der Waals surface area contributed by atoms with Crippen LogP contribution in [0.1, 0.15) is 134 Å².